The molecule has 1 aromatic rings. The molecule has 2 unspecified atom stereocenters. The van der Waals surface area contributed by atoms with Crippen molar-refractivity contribution >= 4 is 12.0 Å². The summed E-state index contributed by atoms with van der Waals surface area (Å²) < 4.78 is 11.6. The van der Waals surface area contributed by atoms with Crippen LogP contribution < -0.4 is 5.32 Å². The number of piperidine rings is 1. The molecule has 0 aromatic heterocycles. The Kier molecular flexibility index (Phi) is 6.91. The molecule has 0 saturated carbocycles. The van der Waals surface area contributed by atoms with Gasteiger partial charge in [-0.2, -0.15) is 0 Å². The van der Waals surface area contributed by atoms with Crippen molar-refractivity contribution in [3.05, 3.63) is 35.9 Å². The molecule has 3 rings (SSSR count). The van der Waals surface area contributed by atoms with Gasteiger partial charge in [0.15, 0.2) is 5.79 Å². The summed E-state index contributed by atoms with van der Waals surface area (Å²) >= 11 is 0. The molecule has 2 N–H and O–H groups in total. The number of ether oxygens (including phenoxy) is 2. The van der Waals surface area contributed by atoms with Crippen LogP contribution in [0.1, 0.15) is 38.2 Å². The van der Waals surface area contributed by atoms with Crippen molar-refractivity contribution in [2.24, 2.45) is 5.92 Å². The number of likely N-dealkylation sites (tertiary alicyclic amines) is 1. The van der Waals surface area contributed by atoms with Gasteiger partial charge in [-0.25, -0.2) is 4.79 Å². The number of rotatable bonds is 7. The quantitative estimate of drug-likeness (QED) is 0.747. The summed E-state index contributed by atoms with van der Waals surface area (Å²) in [6.07, 6.45) is 2.91. The van der Waals surface area contributed by atoms with Gasteiger partial charge in [-0.15, -0.1) is 0 Å². The van der Waals surface area contributed by atoms with Gasteiger partial charge in [-0.3, -0.25) is 4.79 Å². The molecule has 154 valence electrons. The van der Waals surface area contributed by atoms with Crippen LogP contribution in [-0.4, -0.2) is 60.1 Å². The van der Waals surface area contributed by atoms with Crippen LogP contribution >= 0.6 is 0 Å². The maximum Gasteiger partial charge on any atom is 0.317 e. The van der Waals surface area contributed by atoms with E-state index in [1.165, 1.54) is 0 Å². The Morgan fingerprint density at radius 2 is 2.00 bits per heavy atom. The molecule has 2 aliphatic rings. The molecule has 2 atom stereocenters. The number of nitrogens with one attached hydrogen (secondary N) is 1. The third-order valence-electron chi connectivity index (χ3n) is 5.67. The fourth-order valence-corrected chi connectivity index (χ4v) is 4.04. The lowest BCUT2D eigenvalue weighted by molar-refractivity contribution is -0.189. The first-order chi connectivity index (χ1) is 13.5. The molecule has 7 nitrogen and oxygen atoms in total. The molecule has 0 radical (unpaired) electrons. The second-order valence-corrected chi connectivity index (χ2v) is 7.77. The number of benzene rings is 1. The zero-order valence-corrected chi connectivity index (χ0v) is 16.4. The number of nitrogens with zero attached hydrogens (tertiary/aromatic N) is 1. The number of urea groups is 1. The van der Waals surface area contributed by atoms with Crippen LogP contribution in [0.15, 0.2) is 30.3 Å². The molecule has 0 bridgehead atoms. The van der Waals surface area contributed by atoms with Gasteiger partial charge in [-0.1, -0.05) is 30.3 Å². The monoisotopic (exact) mass is 390 g/mol. The lowest BCUT2D eigenvalue weighted by Crippen LogP contribution is -2.53. The normalized spacial score (nSPS) is 22.6. The van der Waals surface area contributed by atoms with Crippen LogP contribution in [0, 0.1) is 5.92 Å². The summed E-state index contributed by atoms with van der Waals surface area (Å²) in [5, 5.41) is 12.1. The molecule has 2 heterocycles. The van der Waals surface area contributed by atoms with E-state index in [-0.39, 0.29) is 24.4 Å². The summed E-state index contributed by atoms with van der Waals surface area (Å²) in [6.45, 7) is 4.41. The maximum absolute atomic E-state index is 12.9. The van der Waals surface area contributed by atoms with Crippen LogP contribution in [0.25, 0.3) is 0 Å². The summed E-state index contributed by atoms with van der Waals surface area (Å²) in [4.78, 5) is 25.7. The molecule has 2 saturated heterocycles. The Morgan fingerprint density at radius 1 is 1.29 bits per heavy atom. The molecule has 2 amide bonds. The molecule has 28 heavy (non-hydrogen) atoms. The van der Waals surface area contributed by atoms with E-state index in [0.29, 0.717) is 39.1 Å². The van der Waals surface area contributed by atoms with E-state index in [1.807, 2.05) is 42.2 Å². The van der Waals surface area contributed by atoms with Crippen molar-refractivity contribution in [1.82, 2.24) is 10.2 Å². The summed E-state index contributed by atoms with van der Waals surface area (Å²) in [5.41, 5.74) is 1.08. The minimum absolute atomic E-state index is 0.0279. The third-order valence-corrected chi connectivity index (χ3v) is 5.67. The highest BCUT2D eigenvalue weighted by atomic mass is 16.7. The van der Waals surface area contributed by atoms with Gasteiger partial charge < -0.3 is 24.8 Å². The number of carbonyl (C=O) groups excluding carboxylic acids is 1. The van der Waals surface area contributed by atoms with Gasteiger partial charge >= 0.3 is 12.0 Å². The number of hydrogen-bond donors (Lipinski definition) is 2. The molecule has 2 fully saturated rings. The van der Waals surface area contributed by atoms with Crippen molar-refractivity contribution in [1.29, 1.82) is 0 Å². The lowest BCUT2D eigenvalue weighted by atomic mass is 9.90. The number of carbonyl (C=O) groups is 2. The Bertz CT molecular complexity index is 660. The number of aliphatic carboxylic acids is 1. The predicted molar refractivity (Wildman–Crippen MR) is 104 cm³/mol. The van der Waals surface area contributed by atoms with Gasteiger partial charge in [0.05, 0.1) is 13.2 Å². The standard InChI is InChI=1S/C21H30N2O5/c1-21(27-12-13-28-21)17-8-5-11-23(15-17)20(26)22-18(9-10-19(24)25)14-16-6-3-2-4-7-16/h2-4,6-7,17-18H,5,8-15H2,1H3,(H,22,26)(H,24,25). The largest absolute Gasteiger partial charge is 0.481 e. The highest BCUT2D eigenvalue weighted by Crippen LogP contribution is 2.34. The van der Waals surface area contributed by atoms with E-state index in [9.17, 15) is 9.59 Å². The number of carboxylic acids is 1. The topological polar surface area (TPSA) is 88.1 Å². The van der Waals surface area contributed by atoms with Crippen LogP contribution in [-0.2, 0) is 20.7 Å². The number of amides is 2. The first-order valence-corrected chi connectivity index (χ1v) is 10.1. The van der Waals surface area contributed by atoms with Gasteiger partial charge in [0.1, 0.15) is 0 Å². The summed E-state index contributed by atoms with van der Waals surface area (Å²) in [6, 6.07) is 9.46. The van der Waals surface area contributed by atoms with E-state index < -0.39 is 11.8 Å². The highest BCUT2D eigenvalue weighted by molar-refractivity contribution is 5.75. The van der Waals surface area contributed by atoms with Crippen molar-refractivity contribution in [2.75, 3.05) is 26.3 Å². The van der Waals surface area contributed by atoms with Gasteiger partial charge in [-0.05, 0) is 38.2 Å². The first-order valence-electron chi connectivity index (χ1n) is 10.1. The van der Waals surface area contributed by atoms with E-state index >= 15 is 0 Å². The Labute approximate surface area is 166 Å². The zero-order chi connectivity index (χ0) is 20.0. The number of hydrogen-bond acceptors (Lipinski definition) is 4. The van der Waals surface area contributed by atoms with Gasteiger partial charge in [0.2, 0.25) is 0 Å². The third kappa shape index (κ3) is 5.45. The zero-order valence-electron chi connectivity index (χ0n) is 16.4. The minimum Gasteiger partial charge on any atom is -0.481 e. The second kappa shape index (κ2) is 9.39. The van der Waals surface area contributed by atoms with Crippen molar-refractivity contribution in [3.8, 4) is 0 Å². The molecular weight excluding hydrogens is 360 g/mol. The van der Waals surface area contributed by atoms with Crippen LogP contribution in [0.2, 0.25) is 0 Å². The lowest BCUT2D eigenvalue weighted by Gasteiger charge is -2.40. The average Bonchev–Trinajstić information content (AvgIpc) is 3.15. The summed E-state index contributed by atoms with van der Waals surface area (Å²) in [5.74, 6) is -1.33. The minimum atomic E-state index is -0.853. The molecule has 0 spiro atoms. The van der Waals surface area contributed by atoms with E-state index in [2.05, 4.69) is 5.32 Å². The van der Waals surface area contributed by atoms with Crippen molar-refractivity contribution in [3.63, 3.8) is 0 Å². The van der Waals surface area contributed by atoms with Crippen LogP contribution in [0.3, 0.4) is 0 Å². The Morgan fingerprint density at radius 3 is 2.68 bits per heavy atom. The van der Waals surface area contributed by atoms with E-state index in [4.69, 9.17) is 14.6 Å². The van der Waals surface area contributed by atoms with Crippen LogP contribution in [0.4, 0.5) is 4.79 Å². The predicted octanol–water partition coefficient (Wildman–Crippen LogP) is 2.65. The van der Waals surface area contributed by atoms with Gasteiger partial charge in [0.25, 0.3) is 0 Å². The van der Waals surface area contributed by atoms with E-state index in [0.717, 1.165) is 18.4 Å². The van der Waals surface area contributed by atoms with Gasteiger partial charge in [0, 0.05) is 31.5 Å². The Hall–Kier alpha value is -2.12. The molecule has 0 aliphatic carbocycles. The maximum atomic E-state index is 12.9. The molecule has 1 aromatic carbocycles. The SMILES string of the molecule is CC1(C2CCCN(C(=O)NC(CCC(=O)O)Cc3ccccc3)C2)OCCO1. The second-order valence-electron chi connectivity index (χ2n) is 7.77. The fourth-order valence-electron chi connectivity index (χ4n) is 4.04. The van der Waals surface area contributed by atoms with Crippen LogP contribution in [0.5, 0.6) is 0 Å². The van der Waals surface area contributed by atoms with E-state index in [1.54, 1.807) is 0 Å². The molecular formula is C21H30N2O5. The number of carboxylic acid groups (broad SMARTS) is 1. The molecule has 7 heteroatoms. The smallest absolute Gasteiger partial charge is 0.317 e. The molecule has 2 aliphatic heterocycles. The fraction of sp³-hybridized carbons (Fsp3) is 0.619. The Balaban J connectivity index is 1.60. The summed E-state index contributed by atoms with van der Waals surface area (Å²) in [7, 11) is 0. The average molecular weight is 390 g/mol. The van der Waals surface area contributed by atoms with Crippen molar-refractivity contribution in [2.45, 2.75) is 50.9 Å². The highest BCUT2D eigenvalue weighted by Gasteiger charge is 2.42. The van der Waals surface area contributed by atoms with Crippen molar-refractivity contribution < 1.29 is 24.2 Å². The first kappa shape index (κ1) is 20.6.